The van der Waals surface area contributed by atoms with Crippen LogP contribution < -0.4 is 4.74 Å². The molecular formula is C11H12ClFO2. The molecule has 0 amide bonds. The molecule has 0 radical (unpaired) electrons. The molecule has 82 valence electrons. The standard InChI is InChI=1S/C11H12ClFO2/c1-15-9-5-8(12)4-7(10(9)13)6-11(14)2-3-11/h4-5,14H,2-3,6H2,1H3. The predicted molar refractivity (Wildman–Crippen MR) is 55.8 cm³/mol. The molecule has 0 aliphatic heterocycles. The van der Waals surface area contributed by atoms with Gasteiger partial charge in [0.25, 0.3) is 0 Å². The second-order valence-electron chi connectivity index (χ2n) is 3.98. The Balaban J connectivity index is 2.32. The second kappa shape index (κ2) is 3.65. The first-order chi connectivity index (χ1) is 7.04. The summed E-state index contributed by atoms with van der Waals surface area (Å²) in [4.78, 5) is 0. The van der Waals surface area contributed by atoms with Gasteiger partial charge in [0.1, 0.15) is 0 Å². The molecule has 0 heterocycles. The van der Waals surface area contributed by atoms with Gasteiger partial charge >= 0.3 is 0 Å². The van der Waals surface area contributed by atoms with Crippen LogP contribution in [0.25, 0.3) is 0 Å². The van der Waals surface area contributed by atoms with Gasteiger partial charge < -0.3 is 9.84 Å². The van der Waals surface area contributed by atoms with Gasteiger partial charge in [0.05, 0.1) is 12.7 Å². The average molecular weight is 231 g/mol. The van der Waals surface area contributed by atoms with E-state index in [1.165, 1.54) is 19.2 Å². The molecule has 1 aliphatic carbocycles. The van der Waals surface area contributed by atoms with Gasteiger partial charge in [-0.3, -0.25) is 0 Å². The molecular weight excluding hydrogens is 219 g/mol. The van der Waals surface area contributed by atoms with E-state index in [0.717, 1.165) is 12.8 Å². The van der Waals surface area contributed by atoms with Crippen LogP contribution in [0.15, 0.2) is 12.1 Å². The van der Waals surface area contributed by atoms with E-state index in [1.807, 2.05) is 0 Å². The lowest BCUT2D eigenvalue weighted by molar-refractivity contribution is 0.149. The van der Waals surface area contributed by atoms with Crippen LogP contribution in [0.4, 0.5) is 4.39 Å². The van der Waals surface area contributed by atoms with E-state index in [-0.39, 0.29) is 5.75 Å². The van der Waals surface area contributed by atoms with Crippen LogP contribution in [-0.4, -0.2) is 17.8 Å². The second-order valence-corrected chi connectivity index (χ2v) is 4.42. The normalized spacial score (nSPS) is 17.6. The molecule has 0 unspecified atom stereocenters. The largest absolute Gasteiger partial charge is 0.494 e. The zero-order valence-corrected chi connectivity index (χ0v) is 9.14. The highest BCUT2D eigenvalue weighted by molar-refractivity contribution is 6.30. The Morgan fingerprint density at radius 1 is 1.53 bits per heavy atom. The van der Waals surface area contributed by atoms with E-state index in [1.54, 1.807) is 0 Å². The number of hydrogen-bond acceptors (Lipinski definition) is 2. The van der Waals surface area contributed by atoms with Crippen LogP contribution >= 0.6 is 11.6 Å². The van der Waals surface area contributed by atoms with Gasteiger partial charge in [-0.15, -0.1) is 0 Å². The van der Waals surface area contributed by atoms with Crippen molar-refractivity contribution in [2.75, 3.05) is 7.11 Å². The number of methoxy groups -OCH3 is 1. The maximum absolute atomic E-state index is 13.7. The third-order valence-corrected chi connectivity index (χ3v) is 2.86. The van der Waals surface area contributed by atoms with Crippen molar-refractivity contribution in [2.45, 2.75) is 24.9 Å². The van der Waals surface area contributed by atoms with Gasteiger partial charge in [-0.2, -0.15) is 0 Å². The maximum atomic E-state index is 13.7. The number of aliphatic hydroxyl groups is 1. The fraction of sp³-hybridized carbons (Fsp3) is 0.455. The average Bonchev–Trinajstić information content (AvgIpc) is 2.89. The predicted octanol–water partition coefficient (Wildman–Crippen LogP) is 2.56. The fourth-order valence-electron chi connectivity index (χ4n) is 1.57. The molecule has 1 aromatic rings. The SMILES string of the molecule is COc1cc(Cl)cc(CC2(O)CC2)c1F. The zero-order chi connectivity index (χ0) is 11.1. The summed E-state index contributed by atoms with van der Waals surface area (Å²) in [6.07, 6.45) is 1.75. The topological polar surface area (TPSA) is 29.5 Å². The summed E-state index contributed by atoms with van der Waals surface area (Å²) >= 11 is 5.82. The van der Waals surface area contributed by atoms with E-state index in [0.29, 0.717) is 17.0 Å². The summed E-state index contributed by atoms with van der Waals surface area (Å²) in [5, 5.41) is 10.1. The molecule has 4 heteroatoms. The van der Waals surface area contributed by atoms with Gasteiger partial charge in [0.2, 0.25) is 0 Å². The van der Waals surface area contributed by atoms with Crippen LogP contribution in [-0.2, 0) is 6.42 Å². The minimum atomic E-state index is -0.726. The van der Waals surface area contributed by atoms with Gasteiger partial charge in [-0.25, -0.2) is 4.39 Å². The highest BCUT2D eigenvalue weighted by atomic mass is 35.5. The van der Waals surface area contributed by atoms with Crippen molar-refractivity contribution in [2.24, 2.45) is 0 Å². The number of hydrogen-bond donors (Lipinski definition) is 1. The third-order valence-electron chi connectivity index (χ3n) is 2.65. The molecule has 1 saturated carbocycles. The van der Waals surface area contributed by atoms with Crippen LogP contribution in [0.5, 0.6) is 5.75 Å². The minimum Gasteiger partial charge on any atom is -0.494 e. The zero-order valence-electron chi connectivity index (χ0n) is 8.39. The molecule has 0 spiro atoms. The van der Waals surface area contributed by atoms with Gasteiger partial charge in [0, 0.05) is 17.5 Å². The number of rotatable bonds is 3. The molecule has 15 heavy (non-hydrogen) atoms. The number of halogens is 2. The first kappa shape index (κ1) is 10.7. The van der Waals surface area contributed by atoms with Gasteiger partial charge in [0.15, 0.2) is 11.6 Å². The maximum Gasteiger partial charge on any atom is 0.168 e. The Morgan fingerprint density at radius 2 is 2.20 bits per heavy atom. The summed E-state index contributed by atoms with van der Waals surface area (Å²) in [5.41, 5.74) is -0.310. The molecule has 0 saturated heterocycles. The summed E-state index contributed by atoms with van der Waals surface area (Å²) in [6, 6.07) is 2.97. The van der Waals surface area contributed by atoms with Crippen LogP contribution in [0, 0.1) is 5.82 Å². The lowest BCUT2D eigenvalue weighted by Crippen LogP contribution is -2.12. The van der Waals surface area contributed by atoms with Crippen LogP contribution in [0.2, 0.25) is 5.02 Å². The molecule has 0 bridgehead atoms. The molecule has 1 N–H and O–H groups in total. The Morgan fingerprint density at radius 3 is 2.73 bits per heavy atom. The Bertz CT molecular complexity index is 388. The molecule has 1 aromatic carbocycles. The lowest BCUT2D eigenvalue weighted by Gasteiger charge is -2.11. The van der Waals surface area contributed by atoms with Crippen molar-refractivity contribution < 1.29 is 14.2 Å². The number of ether oxygens (including phenoxy) is 1. The van der Waals surface area contributed by atoms with Crippen molar-refractivity contribution in [3.8, 4) is 5.75 Å². The van der Waals surface area contributed by atoms with E-state index >= 15 is 0 Å². The summed E-state index contributed by atoms with van der Waals surface area (Å²) < 4.78 is 18.6. The first-order valence-corrected chi connectivity index (χ1v) is 5.16. The van der Waals surface area contributed by atoms with Crippen molar-refractivity contribution in [3.63, 3.8) is 0 Å². The highest BCUT2D eigenvalue weighted by Gasteiger charge is 2.41. The number of benzene rings is 1. The van der Waals surface area contributed by atoms with Crippen LogP contribution in [0.3, 0.4) is 0 Å². The van der Waals surface area contributed by atoms with Crippen molar-refractivity contribution in [1.82, 2.24) is 0 Å². The summed E-state index contributed by atoms with van der Waals surface area (Å²) in [7, 11) is 1.39. The Hall–Kier alpha value is -0.800. The molecule has 1 fully saturated rings. The van der Waals surface area contributed by atoms with E-state index in [2.05, 4.69) is 0 Å². The van der Waals surface area contributed by atoms with Crippen molar-refractivity contribution in [1.29, 1.82) is 0 Å². The first-order valence-electron chi connectivity index (χ1n) is 4.78. The molecule has 0 atom stereocenters. The van der Waals surface area contributed by atoms with Crippen LogP contribution in [0.1, 0.15) is 18.4 Å². The third kappa shape index (κ3) is 2.24. The Labute approximate surface area is 92.6 Å². The van der Waals surface area contributed by atoms with E-state index in [4.69, 9.17) is 16.3 Å². The monoisotopic (exact) mass is 230 g/mol. The molecule has 2 rings (SSSR count). The Kier molecular flexibility index (Phi) is 2.61. The van der Waals surface area contributed by atoms with Crippen molar-refractivity contribution >= 4 is 11.6 Å². The lowest BCUT2D eigenvalue weighted by atomic mass is 10.1. The van der Waals surface area contributed by atoms with Crippen molar-refractivity contribution in [3.05, 3.63) is 28.5 Å². The van der Waals surface area contributed by atoms with E-state index < -0.39 is 11.4 Å². The van der Waals surface area contributed by atoms with Gasteiger partial charge in [-0.1, -0.05) is 11.6 Å². The molecule has 0 aromatic heterocycles. The smallest absolute Gasteiger partial charge is 0.168 e. The summed E-state index contributed by atoms with van der Waals surface area (Å²) in [6.45, 7) is 0. The molecule has 1 aliphatic rings. The highest BCUT2D eigenvalue weighted by Crippen LogP contribution is 2.40. The van der Waals surface area contributed by atoms with Gasteiger partial charge in [-0.05, 0) is 24.5 Å². The minimum absolute atomic E-state index is 0.127. The van der Waals surface area contributed by atoms with E-state index in [9.17, 15) is 9.50 Å². The fourth-order valence-corrected chi connectivity index (χ4v) is 1.80. The quantitative estimate of drug-likeness (QED) is 0.865. The summed E-state index contributed by atoms with van der Waals surface area (Å²) in [5.74, 6) is -0.302. The molecule has 2 nitrogen and oxygen atoms in total.